The molecule has 0 amide bonds. The molecule has 3 nitrogen and oxygen atoms in total. The summed E-state index contributed by atoms with van der Waals surface area (Å²) in [5.74, 6) is 0.705. The molecule has 0 bridgehead atoms. The molecule has 19 heavy (non-hydrogen) atoms. The summed E-state index contributed by atoms with van der Waals surface area (Å²) in [4.78, 5) is 2.23. The van der Waals surface area contributed by atoms with Crippen LogP contribution in [0.4, 0.5) is 0 Å². The van der Waals surface area contributed by atoms with Crippen molar-refractivity contribution in [2.24, 2.45) is 0 Å². The number of ether oxygens (including phenoxy) is 1. The van der Waals surface area contributed by atoms with E-state index < -0.39 is 0 Å². The highest BCUT2D eigenvalue weighted by atomic mass is 35.5. The lowest BCUT2D eigenvalue weighted by Gasteiger charge is -2.23. The van der Waals surface area contributed by atoms with Crippen molar-refractivity contribution in [3.05, 3.63) is 33.3 Å². The highest BCUT2D eigenvalue weighted by Gasteiger charge is 2.22. The third kappa shape index (κ3) is 2.90. The molecule has 1 aromatic carbocycles. The maximum absolute atomic E-state index is 9.53. The number of hydrogen-bond donors (Lipinski definition) is 1. The Bertz CT molecular complexity index is 530. The van der Waals surface area contributed by atoms with Gasteiger partial charge in [0.05, 0.1) is 11.1 Å². The maximum atomic E-state index is 9.53. The van der Waals surface area contributed by atoms with E-state index in [2.05, 4.69) is 11.0 Å². The summed E-state index contributed by atoms with van der Waals surface area (Å²) in [6.07, 6.45) is 2.74. The Morgan fingerprint density at radius 2 is 2.21 bits per heavy atom. The van der Waals surface area contributed by atoms with Gasteiger partial charge >= 0.3 is 0 Å². The number of likely N-dealkylation sites (tertiary alicyclic amines) is 1. The molecule has 1 fully saturated rings. The molecular formula is C14H15Cl2NO2. The van der Waals surface area contributed by atoms with Crippen molar-refractivity contribution in [2.75, 3.05) is 26.2 Å². The van der Waals surface area contributed by atoms with Gasteiger partial charge in [0.25, 0.3) is 0 Å². The van der Waals surface area contributed by atoms with Crippen LogP contribution in [0.5, 0.6) is 5.75 Å². The van der Waals surface area contributed by atoms with Crippen LogP contribution < -0.4 is 4.74 Å². The first-order chi connectivity index (χ1) is 9.11. The summed E-state index contributed by atoms with van der Waals surface area (Å²) in [5.41, 5.74) is 2.11. The third-order valence-corrected chi connectivity index (χ3v) is 3.97. The molecule has 2 heterocycles. The first-order valence-corrected chi connectivity index (χ1v) is 7.09. The molecule has 0 unspecified atom stereocenters. The Balaban J connectivity index is 1.79. The quantitative estimate of drug-likeness (QED) is 0.911. The summed E-state index contributed by atoms with van der Waals surface area (Å²) in [5, 5.41) is 10.7. The van der Waals surface area contributed by atoms with E-state index >= 15 is 0 Å². The van der Waals surface area contributed by atoms with Crippen LogP contribution in [0.2, 0.25) is 10.0 Å². The highest BCUT2D eigenvalue weighted by Crippen LogP contribution is 2.36. The minimum Gasteiger partial charge on any atom is -0.487 e. The number of halogens is 2. The molecule has 0 spiro atoms. The Morgan fingerprint density at radius 1 is 1.37 bits per heavy atom. The second kappa shape index (κ2) is 5.33. The van der Waals surface area contributed by atoms with Crippen molar-refractivity contribution in [1.29, 1.82) is 0 Å². The van der Waals surface area contributed by atoms with E-state index in [0.717, 1.165) is 31.6 Å². The van der Waals surface area contributed by atoms with Gasteiger partial charge in [-0.1, -0.05) is 23.2 Å². The fourth-order valence-corrected chi connectivity index (χ4v) is 3.16. The average molecular weight is 300 g/mol. The summed E-state index contributed by atoms with van der Waals surface area (Å²) in [6.45, 7) is 3.03. The van der Waals surface area contributed by atoms with E-state index in [9.17, 15) is 5.11 Å². The fourth-order valence-electron chi connectivity index (χ4n) is 2.60. The summed E-state index contributed by atoms with van der Waals surface area (Å²) in [6, 6.07) is 3.55. The van der Waals surface area contributed by atoms with Crippen LogP contribution in [0.25, 0.3) is 6.08 Å². The van der Waals surface area contributed by atoms with Crippen molar-refractivity contribution in [3.63, 3.8) is 0 Å². The van der Waals surface area contributed by atoms with E-state index in [1.54, 1.807) is 6.07 Å². The molecule has 0 radical (unpaired) electrons. The van der Waals surface area contributed by atoms with Gasteiger partial charge in [-0.2, -0.15) is 0 Å². The first-order valence-electron chi connectivity index (χ1n) is 6.33. The standard InChI is InChI=1S/C14H15Cl2NO2/c15-11-4-10-3-9(6-17-2-1-12(18)7-17)8-19-14(10)13(16)5-11/h3-5,12,18H,1-2,6-8H2/t12-/m1/s1. The molecule has 1 aromatic rings. The van der Waals surface area contributed by atoms with Gasteiger partial charge in [-0.15, -0.1) is 0 Å². The molecule has 2 aliphatic rings. The van der Waals surface area contributed by atoms with E-state index in [-0.39, 0.29) is 6.10 Å². The van der Waals surface area contributed by atoms with Crippen LogP contribution in [-0.2, 0) is 0 Å². The zero-order valence-electron chi connectivity index (χ0n) is 10.4. The number of nitrogens with zero attached hydrogens (tertiary/aromatic N) is 1. The second-order valence-corrected chi connectivity index (χ2v) is 5.92. The van der Waals surface area contributed by atoms with Crippen molar-refractivity contribution in [2.45, 2.75) is 12.5 Å². The molecule has 0 aromatic heterocycles. The smallest absolute Gasteiger partial charge is 0.145 e. The Hall–Kier alpha value is -0.740. The maximum Gasteiger partial charge on any atom is 0.145 e. The number of benzene rings is 1. The van der Waals surface area contributed by atoms with Crippen molar-refractivity contribution < 1.29 is 9.84 Å². The molecule has 1 saturated heterocycles. The summed E-state index contributed by atoms with van der Waals surface area (Å²) < 4.78 is 5.71. The van der Waals surface area contributed by atoms with Crippen LogP contribution in [0.1, 0.15) is 12.0 Å². The van der Waals surface area contributed by atoms with Gasteiger partial charge in [0.15, 0.2) is 0 Å². The first kappa shape index (κ1) is 13.3. The number of hydrogen-bond acceptors (Lipinski definition) is 3. The zero-order valence-corrected chi connectivity index (χ0v) is 11.9. The number of fused-ring (bicyclic) bond motifs is 1. The molecule has 5 heteroatoms. The predicted octanol–water partition coefficient (Wildman–Crippen LogP) is 2.84. The minimum absolute atomic E-state index is 0.193. The van der Waals surface area contributed by atoms with Gasteiger partial charge in [0.1, 0.15) is 12.4 Å². The molecule has 1 atom stereocenters. The van der Waals surface area contributed by atoms with Gasteiger partial charge in [-0.3, -0.25) is 4.90 Å². The Kier molecular flexibility index (Phi) is 3.72. The van der Waals surface area contributed by atoms with Crippen LogP contribution in [0.3, 0.4) is 0 Å². The van der Waals surface area contributed by atoms with Crippen LogP contribution in [0.15, 0.2) is 17.7 Å². The lowest BCUT2D eigenvalue weighted by atomic mass is 10.1. The van der Waals surface area contributed by atoms with Gasteiger partial charge in [-0.05, 0) is 30.2 Å². The monoisotopic (exact) mass is 299 g/mol. The predicted molar refractivity (Wildman–Crippen MR) is 77.0 cm³/mol. The van der Waals surface area contributed by atoms with Gasteiger partial charge in [-0.25, -0.2) is 0 Å². The largest absolute Gasteiger partial charge is 0.487 e. The molecule has 102 valence electrons. The number of rotatable bonds is 2. The number of aliphatic hydroxyl groups is 1. The lowest BCUT2D eigenvalue weighted by molar-refractivity contribution is 0.178. The van der Waals surface area contributed by atoms with Crippen molar-refractivity contribution in [3.8, 4) is 5.75 Å². The molecular weight excluding hydrogens is 285 g/mol. The Morgan fingerprint density at radius 3 is 2.95 bits per heavy atom. The molecule has 3 rings (SSSR count). The normalized spacial score (nSPS) is 22.9. The Labute approximate surface area is 122 Å². The van der Waals surface area contributed by atoms with Gasteiger partial charge < -0.3 is 9.84 Å². The summed E-state index contributed by atoms with van der Waals surface area (Å²) >= 11 is 12.1. The van der Waals surface area contributed by atoms with Crippen LogP contribution in [0, 0.1) is 0 Å². The number of β-amino-alcohol motifs (C(OH)–C–C–N with tert-alkyl or cyclic N) is 1. The van der Waals surface area contributed by atoms with E-state index in [1.165, 1.54) is 5.57 Å². The van der Waals surface area contributed by atoms with Crippen LogP contribution >= 0.6 is 23.2 Å². The zero-order chi connectivity index (χ0) is 13.4. The van der Waals surface area contributed by atoms with E-state index in [4.69, 9.17) is 27.9 Å². The van der Waals surface area contributed by atoms with Crippen LogP contribution in [-0.4, -0.2) is 42.4 Å². The topological polar surface area (TPSA) is 32.7 Å². The molecule has 0 saturated carbocycles. The van der Waals surface area contributed by atoms with Gasteiger partial charge in [0.2, 0.25) is 0 Å². The van der Waals surface area contributed by atoms with Crippen molar-refractivity contribution >= 4 is 29.3 Å². The van der Waals surface area contributed by atoms with E-state index in [0.29, 0.717) is 22.4 Å². The fraction of sp³-hybridized carbons (Fsp3) is 0.429. The SMILES string of the molecule is O[C@@H]1CCN(CC2=Cc3cc(Cl)cc(Cl)c3OC2)C1. The third-order valence-electron chi connectivity index (χ3n) is 3.47. The molecule has 1 N–H and O–H groups in total. The summed E-state index contributed by atoms with van der Waals surface area (Å²) in [7, 11) is 0. The molecule has 2 aliphatic heterocycles. The minimum atomic E-state index is -0.193. The average Bonchev–Trinajstić information content (AvgIpc) is 2.74. The van der Waals surface area contributed by atoms with E-state index in [1.807, 2.05) is 6.07 Å². The van der Waals surface area contributed by atoms with Crippen molar-refractivity contribution in [1.82, 2.24) is 4.90 Å². The number of aliphatic hydroxyl groups excluding tert-OH is 1. The lowest BCUT2D eigenvalue weighted by Crippen LogP contribution is -2.27. The van der Waals surface area contributed by atoms with Gasteiger partial charge in [0, 0.05) is 30.2 Å². The highest BCUT2D eigenvalue weighted by molar-refractivity contribution is 6.36. The molecule has 0 aliphatic carbocycles. The second-order valence-electron chi connectivity index (χ2n) is 5.07.